The number of H-pyrrole nitrogens is 1. The maximum Gasteiger partial charge on any atom is 0.273 e. The van der Waals surface area contributed by atoms with E-state index in [1.54, 1.807) is 6.92 Å². The predicted octanol–water partition coefficient (Wildman–Crippen LogP) is -0.0759. The number of hydrogen-bond acceptors (Lipinski definition) is 5. The van der Waals surface area contributed by atoms with E-state index in [0.29, 0.717) is 5.69 Å². The van der Waals surface area contributed by atoms with Gasteiger partial charge in [-0.3, -0.25) is 9.36 Å². The van der Waals surface area contributed by atoms with Crippen LogP contribution in [0, 0.1) is 6.92 Å². The monoisotopic (exact) mass is 295 g/mol. The first-order valence-electron chi connectivity index (χ1n) is 6.05. The first-order chi connectivity index (χ1) is 9.38. The highest BCUT2D eigenvalue weighted by Crippen LogP contribution is 2.39. The Morgan fingerprint density at radius 2 is 2.10 bits per heavy atom. The fourth-order valence-electron chi connectivity index (χ4n) is 2.06. The minimum atomic E-state index is -3.97. The van der Waals surface area contributed by atoms with Crippen molar-refractivity contribution in [1.82, 2.24) is 19.7 Å². The number of pyridine rings is 1. The molecule has 1 fully saturated rings. The first kappa shape index (κ1) is 13.0. The quantitative estimate of drug-likeness (QED) is 0.819. The van der Waals surface area contributed by atoms with Gasteiger partial charge in [0.1, 0.15) is 0 Å². The van der Waals surface area contributed by atoms with Crippen molar-refractivity contribution < 1.29 is 8.42 Å². The molecule has 0 radical (unpaired) electrons. The van der Waals surface area contributed by atoms with Crippen LogP contribution in [0.3, 0.4) is 0 Å². The Morgan fingerprint density at radius 1 is 1.40 bits per heavy atom. The molecule has 3 rings (SSSR count). The number of aromatic amines is 1. The first-order valence-corrected chi connectivity index (χ1v) is 7.60. The molecule has 106 valence electrons. The van der Waals surface area contributed by atoms with Crippen molar-refractivity contribution in [3.8, 4) is 11.4 Å². The molecule has 0 spiro atoms. The molecule has 3 N–H and O–H groups in total. The molecule has 0 aliphatic heterocycles. The zero-order valence-electron chi connectivity index (χ0n) is 10.7. The summed E-state index contributed by atoms with van der Waals surface area (Å²) in [7, 11) is -3.97. The Morgan fingerprint density at radius 3 is 2.65 bits per heavy atom. The summed E-state index contributed by atoms with van der Waals surface area (Å²) >= 11 is 0. The SMILES string of the molecule is Cc1cc(=O)c(-c2nnc(S(N)(=O)=O)n2C2CC2)c[nH]1. The fourth-order valence-corrected chi connectivity index (χ4v) is 2.73. The molecule has 1 aliphatic rings. The van der Waals surface area contributed by atoms with Gasteiger partial charge in [0, 0.05) is 24.0 Å². The van der Waals surface area contributed by atoms with E-state index in [1.165, 1.54) is 16.8 Å². The standard InChI is InChI=1S/C11H13N5O3S/c1-6-4-9(17)8(5-13-6)10-14-15-11(20(12,18)19)16(10)7-2-3-7/h4-5,7H,2-3H2,1H3,(H,13,17)(H2,12,18,19). The van der Waals surface area contributed by atoms with Crippen LogP contribution in [-0.2, 0) is 10.0 Å². The zero-order chi connectivity index (χ0) is 14.5. The lowest BCUT2D eigenvalue weighted by atomic mass is 10.2. The maximum atomic E-state index is 12.0. The summed E-state index contributed by atoms with van der Waals surface area (Å²) in [6, 6.07) is 1.41. The van der Waals surface area contributed by atoms with Gasteiger partial charge in [-0.1, -0.05) is 0 Å². The third-order valence-corrected chi connectivity index (χ3v) is 3.92. The number of sulfonamides is 1. The van der Waals surface area contributed by atoms with Gasteiger partial charge in [-0.15, -0.1) is 10.2 Å². The van der Waals surface area contributed by atoms with E-state index in [1.807, 2.05) is 0 Å². The lowest BCUT2D eigenvalue weighted by Crippen LogP contribution is -2.19. The van der Waals surface area contributed by atoms with Gasteiger partial charge >= 0.3 is 0 Å². The molecular weight excluding hydrogens is 282 g/mol. The molecule has 0 bridgehead atoms. The smallest absolute Gasteiger partial charge is 0.273 e. The number of nitrogens with one attached hydrogen (secondary N) is 1. The van der Waals surface area contributed by atoms with Crippen LogP contribution in [0.5, 0.6) is 0 Å². The van der Waals surface area contributed by atoms with Crippen LogP contribution in [0.2, 0.25) is 0 Å². The molecule has 0 atom stereocenters. The van der Waals surface area contributed by atoms with Crippen molar-refractivity contribution in [2.45, 2.75) is 31.0 Å². The average Bonchev–Trinajstić information content (AvgIpc) is 3.07. The highest BCUT2D eigenvalue weighted by Gasteiger charge is 2.34. The highest BCUT2D eigenvalue weighted by atomic mass is 32.2. The van der Waals surface area contributed by atoms with E-state index in [9.17, 15) is 13.2 Å². The Balaban J connectivity index is 2.25. The summed E-state index contributed by atoms with van der Waals surface area (Å²) in [6.07, 6.45) is 3.14. The zero-order valence-corrected chi connectivity index (χ0v) is 11.5. The average molecular weight is 295 g/mol. The lowest BCUT2D eigenvalue weighted by Gasteiger charge is -2.07. The third-order valence-electron chi connectivity index (χ3n) is 3.13. The molecule has 0 saturated heterocycles. The van der Waals surface area contributed by atoms with E-state index in [0.717, 1.165) is 12.8 Å². The Hall–Kier alpha value is -2.00. The number of primary sulfonamides is 1. The van der Waals surface area contributed by atoms with Gasteiger partial charge in [0.05, 0.1) is 5.56 Å². The Kier molecular flexibility index (Phi) is 2.76. The molecule has 9 heteroatoms. The molecule has 1 saturated carbocycles. The molecule has 1 aliphatic carbocycles. The van der Waals surface area contributed by atoms with Gasteiger partial charge in [-0.05, 0) is 19.8 Å². The van der Waals surface area contributed by atoms with Gasteiger partial charge in [0.2, 0.25) is 0 Å². The second-order valence-corrected chi connectivity index (χ2v) is 6.30. The van der Waals surface area contributed by atoms with Crippen molar-refractivity contribution in [2.75, 3.05) is 0 Å². The Bertz CT molecular complexity index is 832. The van der Waals surface area contributed by atoms with Gasteiger partial charge in [0.15, 0.2) is 11.3 Å². The number of nitrogens with two attached hydrogens (primary N) is 1. The molecule has 8 nitrogen and oxygen atoms in total. The topological polar surface area (TPSA) is 124 Å². The van der Waals surface area contributed by atoms with Crippen molar-refractivity contribution in [3.63, 3.8) is 0 Å². The summed E-state index contributed by atoms with van der Waals surface area (Å²) in [5.41, 5.74) is 0.754. The molecule has 2 aromatic rings. The molecule has 0 amide bonds. The second-order valence-electron chi connectivity index (χ2n) is 4.85. The normalized spacial score (nSPS) is 15.5. The van der Waals surface area contributed by atoms with E-state index >= 15 is 0 Å². The van der Waals surface area contributed by atoms with Crippen molar-refractivity contribution >= 4 is 10.0 Å². The number of aromatic nitrogens is 4. The molecule has 20 heavy (non-hydrogen) atoms. The van der Waals surface area contributed by atoms with Crippen LogP contribution < -0.4 is 10.6 Å². The molecular formula is C11H13N5O3S. The minimum Gasteiger partial charge on any atom is -0.364 e. The summed E-state index contributed by atoms with van der Waals surface area (Å²) in [5, 5.41) is 12.3. The highest BCUT2D eigenvalue weighted by molar-refractivity contribution is 7.89. The van der Waals surface area contributed by atoms with Gasteiger partial charge in [-0.25, -0.2) is 13.6 Å². The van der Waals surface area contributed by atoms with Gasteiger partial charge in [0.25, 0.3) is 15.2 Å². The van der Waals surface area contributed by atoms with Crippen molar-refractivity contribution in [2.24, 2.45) is 5.14 Å². The van der Waals surface area contributed by atoms with E-state index in [-0.39, 0.29) is 28.0 Å². The Labute approximate surface area is 114 Å². The van der Waals surface area contributed by atoms with Crippen LogP contribution in [0.1, 0.15) is 24.6 Å². The number of nitrogens with zero attached hydrogens (tertiary/aromatic N) is 3. The fraction of sp³-hybridized carbons (Fsp3) is 0.364. The number of aryl methyl sites for hydroxylation is 1. The summed E-state index contributed by atoms with van der Waals surface area (Å²) in [4.78, 5) is 14.9. The van der Waals surface area contributed by atoms with Crippen LogP contribution in [0.15, 0.2) is 22.2 Å². The molecule has 0 aromatic carbocycles. The molecule has 0 unspecified atom stereocenters. The van der Waals surface area contributed by atoms with Crippen molar-refractivity contribution in [3.05, 3.63) is 28.2 Å². The number of rotatable bonds is 3. The van der Waals surface area contributed by atoms with Gasteiger partial charge < -0.3 is 4.98 Å². The largest absolute Gasteiger partial charge is 0.364 e. The van der Waals surface area contributed by atoms with Crippen LogP contribution in [-0.4, -0.2) is 28.2 Å². The summed E-state index contributed by atoms with van der Waals surface area (Å²) in [5.74, 6) is 0.234. The minimum absolute atomic E-state index is 0.0194. The van der Waals surface area contributed by atoms with E-state index < -0.39 is 10.0 Å². The van der Waals surface area contributed by atoms with E-state index in [2.05, 4.69) is 15.2 Å². The van der Waals surface area contributed by atoms with Crippen molar-refractivity contribution in [1.29, 1.82) is 0 Å². The van der Waals surface area contributed by atoms with E-state index in [4.69, 9.17) is 5.14 Å². The maximum absolute atomic E-state index is 12.0. The summed E-state index contributed by atoms with van der Waals surface area (Å²) < 4.78 is 24.5. The number of hydrogen-bond donors (Lipinski definition) is 2. The van der Waals surface area contributed by atoms with Crippen LogP contribution in [0.4, 0.5) is 0 Å². The summed E-state index contributed by atoms with van der Waals surface area (Å²) in [6.45, 7) is 1.76. The molecule has 2 heterocycles. The predicted molar refractivity (Wildman–Crippen MR) is 70.5 cm³/mol. The third kappa shape index (κ3) is 2.14. The second kappa shape index (κ2) is 4.25. The van der Waals surface area contributed by atoms with Gasteiger partial charge in [-0.2, -0.15) is 0 Å². The van der Waals surface area contributed by atoms with Crippen LogP contribution >= 0.6 is 0 Å². The molecule has 2 aromatic heterocycles. The lowest BCUT2D eigenvalue weighted by molar-refractivity contribution is 0.567. The van der Waals surface area contributed by atoms with Crippen LogP contribution in [0.25, 0.3) is 11.4 Å².